The second-order valence-electron chi connectivity index (χ2n) is 7.23. The Bertz CT molecular complexity index is 539. The third-order valence-electron chi connectivity index (χ3n) is 3.55. The molecule has 0 heterocycles. The van der Waals surface area contributed by atoms with Crippen LogP contribution >= 0.6 is 0 Å². The minimum atomic E-state index is -0.514. The minimum Gasteiger partial charge on any atom is -0.444 e. The number of hydrogen-bond donors (Lipinski definition) is 2. The van der Waals surface area contributed by atoms with Gasteiger partial charge in [0.1, 0.15) is 5.60 Å². The van der Waals surface area contributed by atoms with Crippen molar-refractivity contribution in [1.29, 1.82) is 0 Å². The molecule has 0 aliphatic carbocycles. The monoisotopic (exact) mass is 349 g/mol. The number of rotatable bonds is 8. The van der Waals surface area contributed by atoms with Gasteiger partial charge >= 0.3 is 6.09 Å². The Balaban J connectivity index is 2.29. The molecule has 2 amide bonds. The summed E-state index contributed by atoms with van der Waals surface area (Å²) < 4.78 is 5.14. The third kappa shape index (κ3) is 9.10. The number of ether oxygens (including phenoxy) is 1. The lowest BCUT2D eigenvalue weighted by atomic mass is 10.1. The second kappa shape index (κ2) is 10.0. The van der Waals surface area contributed by atoms with Crippen molar-refractivity contribution >= 4 is 12.0 Å². The summed E-state index contributed by atoms with van der Waals surface area (Å²) in [6, 6.07) is 10.2. The van der Waals surface area contributed by atoms with Gasteiger partial charge < -0.3 is 20.3 Å². The predicted molar refractivity (Wildman–Crippen MR) is 99.4 cm³/mol. The van der Waals surface area contributed by atoms with E-state index in [4.69, 9.17) is 4.74 Å². The van der Waals surface area contributed by atoms with Gasteiger partial charge in [-0.15, -0.1) is 0 Å². The van der Waals surface area contributed by atoms with Crippen LogP contribution in [0.1, 0.15) is 45.2 Å². The first-order valence-corrected chi connectivity index (χ1v) is 8.64. The lowest BCUT2D eigenvalue weighted by molar-refractivity contribution is -0.121. The summed E-state index contributed by atoms with van der Waals surface area (Å²) in [5.74, 6) is -0.0197. The molecule has 0 bridgehead atoms. The average Bonchev–Trinajstić information content (AvgIpc) is 2.51. The molecule has 140 valence electrons. The lowest BCUT2D eigenvalue weighted by Gasteiger charge is -2.25. The van der Waals surface area contributed by atoms with E-state index >= 15 is 0 Å². The molecule has 0 radical (unpaired) electrons. The van der Waals surface area contributed by atoms with Crippen LogP contribution in [0.25, 0.3) is 0 Å². The quantitative estimate of drug-likeness (QED) is 0.708. The molecule has 6 nitrogen and oxygen atoms in total. The number of hydrogen-bond acceptors (Lipinski definition) is 4. The Morgan fingerprint density at radius 3 is 2.32 bits per heavy atom. The number of nitrogens with one attached hydrogen (secondary N) is 2. The number of carbonyl (C=O) groups excluding carboxylic acids is 2. The molecule has 25 heavy (non-hydrogen) atoms. The summed E-state index contributed by atoms with van der Waals surface area (Å²) >= 11 is 0. The highest BCUT2D eigenvalue weighted by Crippen LogP contribution is 2.16. The molecule has 1 aromatic rings. The maximum Gasteiger partial charge on any atom is 0.407 e. The van der Waals surface area contributed by atoms with Crippen LogP contribution in [0.4, 0.5) is 4.79 Å². The molecule has 0 saturated heterocycles. The van der Waals surface area contributed by atoms with Gasteiger partial charge in [-0.25, -0.2) is 4.79 Å². The first-order valence-electron chi connectivity index (χ1n) is 8.64. The third-order valence-corrected chi connectivity index (χ3v) is 3.55. The van der Waals surface area contributed by atoms with E-state index in [0.29, 0.717) is 25.9 Å². The van der Waals surface area contributed by atoms with E-state index in [1.54, 1.807) is 0 Å². The molecule has 1 atom stereocenters. The zero-order valence-corrected chi connectivity index (χ0v) is 16.0. The van der Waals surface area contributed by atoms with Gasteiger partial charge in [-0.1, -0.05) is 30.3 Å². The first kappa shape index (κ1) is 21.0. The molecule has 1 unspecified atom stereocenters. The number of alkyl carbamates (subject to hydrolysis) is 1. The number of benzene rings is 1. The maximum atomic E-state index is 12.0. The molecule has 0 aliphatic rings. The van der Waals surface area contributed by atoms with E-state index in [9.17, 15) is 9.59 Å². The van der Waals surface area contributed by atoms with Gasteiger partial charge in [-0.3, -0.25) is 4.79 Å². The van der Waals surface area contributed by atoms with Gasteiger partial charge in [-0.2, -0.15) is 0 Å². The summed E-state index contributed by atoms with van der Waals surface area (Å²) in [4.78, 5) is 25.6. The van der Waals surface area contributed by atoms with E-state index in [0.717, 1.165) is 0 Å². The van der Waals surface area contributed by atoms with Crippen molar-refractivity contribution in [3.8, 4) is 0 Å². The van der Waals surface area contributed by atoms with Gasteiger partial charge in [-0.05, 0) is 46.9 Å². The van der Waals surface area contributed by atoms with Gasteiger partial charge in [0.2, 0.25) is 5.91 Å². The highest BCUT2D eigenvalue weighted by Gasteiger charge is 2.16. The largest absolute Gasteiger partial charge is 0.444 e. The summed E-state index contributed by atoms with van der Waals surface area (Å²) in [6.45, 7) is 6.41. The maximum absolute atomic E-state index is 12.0. The van der Waals surface area contributed by atoms with Crippen molar-refractivity contribution < 1.29 is 14.3 Å². The van der Waals surface area contributed by atoms with Crippen LogP contribution in [-0.4, -0.2) is 49.7 Å². The Labute approximate surface area is 150 Å². The molecule has 0 saturated carbocycles. The zero-order valence-electron chi connectivity index (χ0n) is 16.0. The molecule has 0 aliphatic heterocycles. The fraction of sp³-hybridized carbons (Fsp3) is 0.579. The fourth-order valence-electron chi connectivity index (χ4n) is 2.33. The molecule has 1 aromatic carbocycles. The summed E-state index contributed by atoms with van der Waals surface area (Å²) in [7, 11) is 3.99. The molecule has 6 heteroatoms. The van der Waals surface area contributed by atoms with Crippen molar-refractivity contribution in [3.63, 3.8) is 0 Å². The Morgan fingerprint density at radius 1 is 1.12 bits per heavy atom. The zero-order chi connectivity index (χ0) is 18.9. The van der Waals surface area contributed by atoms with Crippen LogP contribution in [-0.2, 0) is 9.53 Å². The van der Waals surface area contributed by atoms with E-state index < -0.39 is 11.7 Å². The summed E-state index contributed by atoms with van der Waals surface area (Å²) in [5.41, 5.74) is 0.652. The van der Waals surface area contributed by atoms with E-state index in [1.807, 2.05) is 53.1 Å². The molecule has 0 spiro atoms. The van der Waals surface area contributed by atoms with Crippen LogP contribution in [0.2, 0.25) is 0 Å². The molecular weight excluding hydrogens is 318 g/mol. The number of nitrogens with zero attached hydrogens (tertiary/aromatic N) is 1. The molecule has 2 N–H and O–H groups in total. The highest BCUT2D eigenvalue weighted by atomic mass is 16.6. The SMILES string of the molecule is CN(C)C(CNC(=O)CCCNC(=O)OC(C)(C)C)c1ccccc1. The molecular formula is C19H31N3O3. The van der Waals surface area contributed by atoms with E-state index in [-0.39, 0.29) is 11.9 Å². The van der Waals surface area contributed by atoms with Gasteiger partial charge in [0.05, 0.1) is 6.04 Å². The van der Waals surface area contributed by atoms with Crippen LogP contribution in [0.5, 0.6) is 0 Å². The number of likely N-dealkylation sites (N-methyl/N-ethyl adjacent to an activating group) is 1. The minimum absolute atomic E-state index is 0.0197. The second-order valence-corrected chi connectivity index (χ2v) is 7.23. The van der Waals surface area contributed by atoms with Gasteiger partial charge in [0.25, 0.3) is 0 Å². The van der Waals surface area contributed by atoms with Crippen LogP contribution in [0.3, 0.4) is 0 Å². The Kier molecular flexibility index (Phi) is 8.41. The van der Waals surface area contributed by atoms with Crippen molar-refractivity contribution in [1.82, 2.24) is 15.5 Å². The summed E-state index contributed by atoms with van der Waals surface area (Å²) in [6.07, 6.45) is 0.484. The first-order chi connectivity index (χ1) is 11.7. The topological polar surface area (TPSA) is 70.7 Å². The van der Waals surface area contributed by atoms with Crippen LogP contribution in [0.15, 0.2) is 30.3 Å². The van der Waals surface area contributed by atoms with Gasteiger partial charge in [0, 0.05) is 19.5 Å². The van der Waals surface area contributed by atoms with Crippen LogP contribution in [0, 0.1) is 0 Å². The van der Waals surface area contributed by atoms with Crippen molar-refractivity contribution in [2.45, 2.75) is 45.3 Å². The normalized spacial score (nSPS) is 12.6. The Hall–Kier alpha value is -2.08. The molecule has 1 rings (SSSR count). The average molecular weight is 349 g/mol. The van der Waals surface area contributed by atoms with Crippen molar-refractivity contribution in [3.05, 3.63) is 35.9 Å². The standard InChI is InChI=1S/C19H31N3O3/c1-19(2,3)25-18(24)20-13-9-12-17(23)21-14-16(22(4)5)15-10-7-6-8-11-15/h6-8,10-11,16H,9,12-14H2,1-5H3,(H,20,24)(H,21,23). The number of amides is 2. The van der Waals surface area contributed by atoms with Crippen molar-refractivity contribution in [2.75, 3.05) is 27.2 Å². The van der Waals surface area contributed by atoms with Crippen molar-refractivity contribution in [2.24, 2.45) is 0 Å². The Morgan fingerprint density at radius 2 is 1.76 bits per heavy atom. The highest BCUT2D eigenvalue weighted by molar-refractivity contribution is 5.76. The predicted octanol–water partition coefficient (Wildman–Crippen LogP) is 2.71. The van der Waals surface area contributed by atoms with E-state index in [2.05, 4.69) is 27.7 Å². The lowest BCUT2D eigenvalue weighted by Crippen LogP contribution is -2.35. The smallest absolute Gasteiger partial charge is 0.407 e. The van der Waals surface area contributed by atoms with E-state index in [1.165, 1.54) is 5.56 Å². The summed E-state index contributed by atoms with van der Waals surface area (Å²) in [5, 5.41) is 5.62. The molecule has 0 fully saturated rings. The van der Waals surface area contributed by atoms with Crippen LogP contribution < -0.4 is 10.6 Å². The molecule has 0 aromatic heterocycles. The fourth-order valence-corrected chi connectivity index (χ4v) is 2.33. The van der Waals surface area contributed by atoms with Gasteiger partial charge in [0.15, 0.2) is 0 Å². The number of carbonyl (C=O) groups is 2.